The molecule has 0 unspecified atom stereocenters. The lowest BCUT2D eigenvalue weighted by atomic mass is 10.1. The number of halogens is 1. The summed E-state index contributed by atoms with van der Waals surface area (Å²) in [5.74, 6) is -0.267. The second kappa shape index (κ2) is 7.45. The number of rotatable bonds is 4. The smallest absolute Gasteiger partial charge is 0.315 e. The summed E-state index contributed by atoms with van der Waals surface area (Å²) in [6.45, 7) is 8.05. The van der Waals surface area contributed by atoms with Crippen LogP contribution in [0.3, 0.4) is 0 Å². The van der Waals surface area contributed by atoms with Crippen molar-refractivity contribution < 1.29 is 13.9 Å². The van der Waals surface area contributed by atoms with Crippen LogP contribution in [0.4, 0.5) is 14.9 Å². The molecular formula is C16H24FN3O2. The van der Waals surface area contributed by atoms with Crippen molar-refractivity contribution in [3.63, 3.8) is 0 Å². The highest BCUT2D eigenvalue weighted by Gasteiger charge is 2.24. The average Bonchev–Trinajstić information content (AvgIpc) is 2.44. The summed E-state index contributed by atoms with van der Waals surface area (Å²) in [4.78, 5) is 13.4. The Morgan fingerprint density at radius 2 is 2.00 bits per heavy atom. The van der Waals surface area contributed by atoms with Crippen molar-refractivity contribution >= 4 is 11.7 Å². The first-order valence-corrected chi connectivity index (χ1v) is 7.70. The molecule has 1 aromatic rings. The second-order valence-electron chi connectivity index (χ2n) is 5.66. The number of ether oxygens (including phenoxy) is 1. The van der Waals surface area contributed by atoms with Crippen LogP contribution in [0.2, 0.25) is 0 Å². The number of amides is 2. The van der Waals surface area contributed by atoms with Crippen LogP contribution in [0.25, 0.3) is 0 Å². The Hall–Kier alpha value is -1.82. The topological polar surface area (TPSA) is 53.6 Å². The van der Waals surface area contributed by atoms with Gasteiger partial charge in [0, 0.05) is 26.2 Å². The lowest BCUT2D eigenvalue weighted by Crippen LogP contribution is -2.45. The van der Waals surface area contributed by atoms with Gasteiger partial charge in [-0.1, -0.05) is 6.07 Å². The number of carbonyl (C=O) groups excluding carboxylic acids is 1. The van der Waals surface area contributed by atoms with Gasteiger partial charge in [-0.05, 0) is 38.5 Å². The van der Waals surface area contributed by atoms with E-state index < -0.39 is 0 Å². The van der Waals surface area contributed by atoms with Gasteiger partial charge in [0.15, 0.2) is 0 Å². The molecular weight excluding hydrogens is 285 g/mol. The van der Waals surface area contributed by atoms with Gasteiger partial charge in [-0.2, -0.15) is 0 Å². The summed E-state index contributed by atoms with van der Waals surface area (Å²) < 4.78 is 20.0. The van der Waals surface area contributed by atoms with Gasteiger partial charge in [-0.25, -0.2) is 9.18 Å². The summed E-state index contributed by atoms with van der Waals surface area (Å²) in [5, 5.41) is 5.33. The molecule has 2 N–H and O–H groups in total. The largest absolute Gasteiger partial charge is 0.372 e. The van der Waals surface area contributed by atoms with Gasteiger partial charge in [0.05, 0.1) is 17.9 Å². The number of anilines is 1. The number of urea groups is 1. The van der Waals surface area contributed by atoms with E-state index >= 15 is 0 Å². The van der Waals surface area contributed by atoms with E-state index in [-0.39, 0.29) is 24.1 Å². The van der Waals surface area contributed by atoms with Crippen molar-refractivity contribution in [2.45, 2.75) is 39.5 Å². The predicted octanol–water partition coefficient (Wildman–Crippen LogP) is 2.26. The molecule has 0 radical (unpaired) electrons. The normalized spacial score (nSPS) is 21.5. The number of nitrogens with zero attached hydrogens (tertiary/aromatic N) is 1. The predicted molar refractivity (Wildman–Crippen MR) is 84.5 cm³/mol. The van der Waals surface area contributed by atoms with Crippen molar-refractivity contribution in [2.24, 2.45) is 0 Å². The van der Waals surface area contributed by atoms with Crippen LogP contribution in [0.1, 0.15) is 26.3 Å². The maximum atomic E-state index is 14.4. The number of carbonyl (C=O) groups is 1. The first-order chi connectivity index (χ1) is 10.5. The van der Waals surface area contributed by atoms with Gasteiger partial charge >= 0.3 is 6.03 Å². The van der Waals surface area contributed by atoms with Gasteiger partial charge in [0.2, 0.25) is 0 Å². The van der Waals surface area contributed by atoms with Crippen LogP contribution in [-0.4, -0.2) is 37.9 Å². The first-order valence-electron chi connectivity index (χ1n) is 7.70. The van der Waals surface area contributed by atoms with Gasteiger partial charge in [-0.3, -0.25) is 0 Å². The highest BCUT2D eigenvalue weighted by Crippen LogP contribution is 2.24. The summed E-state index contributed by atoms with van der Waals surface area (Å²) in [6.07, 6.45) is 0.171. The van der Waals surface area contributed by atoms with Crippen molar-refractivity contribution in [2.75, 3.05) is 24.5 Å². The first kappa shape index (κ1) is 16.5. The molecule has 0 aliphatic carbocycles. The zero-order valence-electron chi connectivity index (χ0n) is 13.4. The molecule has 1 fully saturated rings. The fraction of sp³-hybridized carbons (Fsp3) is 0.562. The molecule has 1 saturated heterocycles. The molecule has 2 amide bonds. The number of hydrogen-bond donors (Lipinski definition) is 2. The molecule has 1 aromatic carbocycles. The maximum absolute atomic E-state index is 14.4. The Bertz CT molecular complexity index is 514. The van der Waals surface area contributed by atoms with Crippen LogP contribution < -0.4 is 15.5 Å². The van der Waals surface area contributed by atoms with Crippen molar-refractivity contribution in [3.05, 3.63) is 29.6 Å². The highest BCUT2D eigenvalue weighted by atomic mass is 19.1. The molecule has 1 heterocycles. The van der Waals surface area contributed by atoms with Crippen LogP contribution in [0.15, 0.2) is 18.2 Å². The Balaban J connectivity index is 2.01. The molecule has 0 aromatic heterocycles. The minimum absolute atomic E-state index is 0.0854. The number of nitrogens with one attached hydrogen (secondary N) is 2. The van der Waals surface area contributed by atoms with Gasteiger partial charge in [0.1, 0.15) is 5.82 Å². The van der Waals surface area contributed by atoms with E-state index in [2.05, 4.69) is 10.6 Å². The highest BCUT2D eigenvalue weighted by molar-refractivity contribution is 5.73. The lowest BCUT2D eigenvalue weighted by Gasteiger charge is -2.37. The average molecular weight is 309 g/mol. The van der Waals surface area contributed by atoms with Crippen molar-refractivity contribution in [1.82, 2.24) is 10.6 Å². The number of benzene rings is 1. The third-order valence-corrected chi connectivity index (χ3v) is 3.56. The Morgan fingerprint density at radius 1 is 1.32 bits per heavy atom. The van der Waals surface area contributed by atoms with E-state index in [4.69, 9.17) is 4.74 Å². The molecule has 22 heavy (non-hydrogen) atoms. The molecule has 2 rings (SSSR count). The summed E-state index contributed by atoms with van der Waals surface area (Å²) in [6, 6.07) is 4.85. The van der Waals surface area contributed by atoms with E-state index in [0.717, 1.165) is 5.56 Å². The standard InChI is InChI=1S/C16H24FN3O2/c1-4-18-16(21)19-8-13-5-6-15(14(17)7-13)20-9-11(2)22-12(3)10-20/h5-7,11-12H,4,8-10H2,1-3H3,(H2,18,19,21)/t11-,12+. The monoisotopic (exact) mass is 309 g/mol. The molecule has 6 heteroatoms. The third kappa shape index (κ3) is 4.34. The zero-order valence-corrected chi connectivity index (χ0v) is 13.4. The van der Waals surface area contributed by atoms with Crippen LogP contribution in [0, 0.1) is 5.82 Å². The SMILES string of the molecule is CCNC(=O)NCc1ccc(N2C[C@@H](C)O[C@@H](C)C2)c(F)c1. The van der Waals surface area contributed by atoms with Gasteiger partial charge < -0.3 is 20.3 Å². The van der Waals surface area contributed by atoms with Crippen LogP contribution >= 0.6 is 0 Å². The minimum Gasteiger partial charge on any atom is -0.372 e. The van der Waals surface area contributed by atoms with E-state index in [1.807, 2.05) is 31.7 Å². The maximum Gasteiger partial charge on any atom is 0.315 e. The van der Waals surface area contributed by atoms with Crippen molar-refractivity contribution in [3.8, 4) is 0 Å². The molecule has 2 atom stereocenters. The molecule has 122 valence electrons. The number of hydrogen-bond acceptors (Lipinski definition) is 3. The van der Waals surface area contributed by atoms with E-state index in [1.54, 1.807) is 6.07 Å². The van der Waals surface area contributed by atoms with E-state index in [1.165, 1.54) is 6.07 Å². The zero-order chi connectivity index (χ0) is 16.1. The Labute approximate surface area is 130 Å². The van der Waals surface area contributed by atoms with E-state index in [0.29, 0.717) is 31.9 Å². The number of morpholine rings is 1. The minimum atomic E-state index is -0.267. The Morgan fingerprint density at radius 3 is 2.59 bits per heavy atom. The van der Waals surface area contributed by atoms with Gasteiger partial charge in [-0.15, -0.1) is 0 Å². The Kier molecular flexibility index (Phi) is 5.60. The third-order valence-electron chi connectivity index (χ3n) is 3.56. The molecule has 0 bridgehead atoms. The molecule has 0 saturated carbocycles. The second-order valence-corrected chi connectivity index (χ2v) is 5.66. The fourth-order valence-corrected chi connectivity index (χ4v) is 2.70. The summed E-state index contributed by atoms with van der Waals surface area (Å²) in [5.41, 5.74) is 1.32. The molecule has 1 aliphatic rings. The lowest BCUT2D eigenvalue weighted by molar-refractivity contribution is -0.00539. The quantitative estimate of drug-likeness (QED) is 0.897. The van der Waals surface area contributed by atoms with Crippen LogP contribution in [-0.2, 0) is 11.3 Å². The fourth-order valence-electron chi connectivity index (χ4n) is 2.70. The summed E-state index contributed by atoms with van der Waals surface area (Å²) in [7, 11) is 0. The van der Waals surface area contributed by atoms with E-state index in [9.17, 15) is 9.18 Å². The molecule has 0 spiro atoms. The van der Waals surface area contributed by atoms with Crippen LogP contribution in [0.5, 0.6) is 0 Å². The van der Waals surface area contributed by atoms with Crippen molar-refractivity contribution in [1.29, 1.82) is 0 Å². The summed E-state index contributed by atoms with van der Waals surface area (Å²) >= 11 is 0. The molecule has 5 nitrogen and oxygen atoms in total. The molecule has 1 aliphatic heterocycles. The van der Waals surface area contributed by atoms with Gasteiger partial charge in [0.25, 0.3) is 0 Å².